The molecule has 2 aromatic rings. The topological polar surface area (TPSA) is 61.4 Å². The van der Waals surface area contributed by atoms with Gasteiger partial charge in [0.2, 0.25) is 5.91 Å². The Morgan fingerprint density at radius 2 is 1.90 bits per heavy atom. The number of amides is 1. The van der Waals surface area contributed by atoms with Crippen LogP contribution in [0.2, 0.25) is 0 Å². The zero-order chi connectivity index (χ0) is 15.2. The Labute approximate surface area is 132 Å². The second kappa shape index (κ2) is 7.24. The van der Waals surface area contributed by atoms with Crippen LogP contribution in [0, 0.1) is 0 Å². The smallest absolute Gasteiger partial charge is 0.250 e. The zero-order valence-corrected chi connectivity index (χ0v) is 13.2. The van der Waals surface area contributed by atoms with E-state index in [-0.39, 0.29) is 6.04 Å². The van der Waals surface area contributed by atoms with Crippen LogP contribution in [0.15, 0.2) is 53.0 Å². The van der Waals surface area contributed by atoms with Gasteiger partial charge in [0.05, 0.1) is 0 Å². The van der Waals surface area contributed by atoms with Crippen molar-refractivity contribution in [3.63, 3.8) is 0 Å². The van der Waals surface area contributed by atoms with Gasteiger partial charge in [-0.1, -0.05) is 40.2 Å². The molecule has 1 amide bonds. The summed E-state index contributed by atoms with van der Waals surface area (Å²) in [6.45, 7) is 1.55. The molecule has 0 bridgehead atoms. The second-order valence-electron chi connectivity index (χ2n) is 4.67. The van der Waals surface area contributed by atoms with Crippen molar-refractivity contribution in [3.05, 3.63) is 58.6 Å². The number of nitrogens with one attached hydrogen (secondary N) is 2. The quantitative estimate of drug-likeness (QED) is 0.774. The predicted octanol–water partition coefficient (Wildman–Crippen LogP) is 3.55. The fourth-order valence-corrected chi connectivity index (χ4v) is 2.67. The van der Waals surface area contributed by atoms with Crippen LogP contribution in [0.1, 0.15) is 18.5 Å². The molecule has 3 N–H and O–H groups in total. The maximum absolute atomic E-state index is 11.2. The number of carbonyl (C=O) groups is 1. The van der Waals surface area contributed by atoms with Crippen molar-refractivity contribution < 1.29 is 9.90 Å². The lowest BCUT2D eigenvalue weighted by molar-refractivity contribution is -0.118. The van der Waals surface area contributed by atoms with Crippen molar-refractivity contribution >= 4 is 33.2 Å². The standard InChI is InChI=1S/C16H17BrN2O2/c1-11(14-7-2-3-8-15(14)17)18-12-5-4-6-13(9-12)19-16(21)10-20/h2-9,11,18,20H,10H2,1H3,(H,19,21)/t11-/m0/s1. The van der Waals surface area contributed by atoms with Crippen molar-refractivity contribution in [2.24, 2.45) is 0 Å². The molecule has 0 unspecified atom stereocenters. The minimum Gasteiger partial charge on any atom is -0.387 e. The van der Waals surface area contributed by atoms with E-state index in [0.717, 1.165) is 15.7 Å². The number of rotatable bonds is 5. The van der Waals surface area contributed by atoms with Gasteiger partial charge in [0, 0.05) is 21.9 Å². The molecule has 2 aromatic carbocycles. The molecule has 4 nitrogen and oxygen atoms in total. The largest absolute Gasteiger partial charge is 0.387 e. The van der Waals surface area contributed by atoms with Crippen molar-refractivity contribution in [3.8, 4) is 0 Å². The summed E-state index contributed by atoms with van der Waals surface area (Å²) in [6, 6.07) is 15.5. The molecule has 2 rings (SSSR count). The molecule has 0 aliphatic rings. The van der Waals surface area contributed by atoms with Crippen LogP contribution in [-0.2, 0) is 4.79 Å². The first-order valence-corrected chi connectivity index (χ1v) is 7.41. The third-order valence-corrected chi connectivity index (χ3v) is 3.77. The van der Waals surface area contributed by atoms with Gasteiger partial charge in [-0.2, -0.15) is 0 Å². The number of aliphatic hydroxyl groups is 1. The maximum atomic E-state index is 11.2. The Hall–Kier alpha value is -1.85. The lowest BCUT2D eigenvalue weighted by Gasteiger charge is -2.17. The van der Waals surface area contributed by atoms with Crippen LogP contribution < -0.4 is 10.6 Å². The Kier molecular flexibility index (Phi) is 5.36. The Morgan fingerprint density at radius 3 is 2.62 bits per heavy atom. The van der Waals surface area contributed by atoms with E-state index in [4.69, 9.17) is 5.11 Å². The van der Waals surface area contributed by atoms with Gasteiger partial charge in [-0.05, 0) is 36.8 Å². The number of anilines is 2. The molecule has 1 atom stereocenters. The molecular weight excluding hydrogens is 332 g/mol. The van der Waals surface area contributed by atoms with E-state index in [1.807, 2.05) is 36.4 Å². The molecule has 0 fully saturated rings. The van der Waals surface area contributed by atoms with E-state index < -0.39 is 12.5 Å². The molecule has 21 heavy (non-hydrogen) atoms. The van der Waals surface area contributed by atoms with Crippen LogP contribution in [0.4, 0.5) is 11.4 Å². The molecule has 5 heteroatoms. The van der Waals surface area contributed by atoms with Gasteiger partial charge in [0.1, 0.15) is 6.61 Å². The summed E-state index contributed by atoms with van der Waals surface area (Å²) in [5.74, 6) is -0.425. The summed E-state index contributed by atoms with van der Waals surface area (Å²) >= 11 is 3.54. The monoisotopic (exact) mass is 348 g/mol. The minimum atomic E-state index is -0.523. The van der Waals surface area contributed by atoms with E-state index in [1.165, 1.54) is 0 Å². The molecule has 0 saturated heterocycles. The van der Waals surface area contributed by atoms with E-state index in [2.05, 4.69) is 39.6 Å². The van der Waals surface area contributed by atoms with E-state index >= 15 is 0 Å². The van der Waals surface area contributed by atoms with Crippen LogP contribution >= 0.6 is 15.9 Å². The summed E-state index contributed by atoms with van der Waals surface area (Å²) in [5.41, 5.74) is 2.70. The first kappa shape index (κ1) is 15.5. The van der Waals surface area contributed by atoms with Gasteiger partial charge in [0.15, 0.2) is 0 Å². The molecular formula is C16H17BrN2O2. The van der Waals surface area contributed by atoms with Gasteiger partial charge in [-0.25, -0.2) is 0 Å². The SMILES string of the molecule is C[C@H](Nc1cccc(NC(=O)CO)c1)c1ccccc1Br. The molecule has 0 aliphatic carbocycles. The summed E-state index contributed by atoms with van der Waals surface area (Å²) in [4.78, 5) is 11.2. The second-order valence-corrected chi connectivity index (χ2v) is 5.53. The first-order valence-electron chi connectivity index (χ1n) is 6.62. The van der Waals surface area contributed by atoms with E-state index in [1.54, 1.807) is 6.07 Å². The molecule has 0 spiro atoms. The third-order valence-electron chi connectivity index (χ3n) is 3.04. The summed E-state index contributed by atoms with van der Waals surface area (Å²) < 4.78 is 1.05. The number of halogens is 1. The van der Waals surface area contributed by atoms with Crippen molar-refractivity contribution in [1.29, 1.82) is 0 Å². The van der Waals surface area contributed by atoms with Gasteiger partial charge in [-0.15, -0.1) is 0 Å². The lowest BCUT2D eigenvalue weighted by Crippen LogP contribution is -2.15. The number of benzene rings is 2. The highest BCUT2D eigenvalue weighted by Gasteiger charge is 2.09. The molecule has 110 valence electrons. The number of aliphatic hydroxyl groups excluding tert-OH is 1. The van der Waals surface area contributed by atoms with Gasteiger partial charge in [-0.3, -0.25) is 4.79 Å². The van der Waals surface area contributed by atoms with Crippen LogP contribution in [0.25, 0.3) is 0 Å². The predicted molar refractivity (Wildman–Crippen MR) is 88.3 cm³/mol. The Balaban J connectivity index is 2.11. The van der Waals surface area contributed by atoms with Gasteiger partial charge < -0.3 is 15.7 Å². The van der Waals surface area contributed by atoms with Gasteiger partial charge >= 0.3 is 0 Å². The number of hydrogen-bond acceptors (Lipinski definition) is 3. The zero-order valence-electron chi connectivity index (χ0n) is 11.6. The van der Waals surface area contributed by atoms with Gasteiger partial charge in [0.25, 0.3) is 0 Å². The average molecular weight is 349 g/mol. The van der Waals surface area contributed by atoms with Crippen LogP contribution in [0.5, 0.6) is 0 Å². The normalized spacial score (nSPS) is 11.8. The maximum Gasteiger partial charge on any atom is 0.250 e. The fourth-order valence-electron chi connectivity index (χ4n) is 2.04. The minimum absolute atomic E-state index is 0.115. The highest BCUT2D eigenvalue weighted by atomic mass is 79.9. The summed E-state index contributed by atoms with van der Waals surface area (Å²) in [6.07, 6.45) is 0. The summed E-state index contributed by atoms with van der Waals surface area (Å²) in [5, 5.41) is 14.8. The van der Waals surface area contributed by atoms with E-state index in [9.17, 15) is 4.79 Å². The Bertz CT molecular complexity index is 631. The highest BCUT2D eigenvalue weighted by molar-refractivity contribution is 9.10. The fraction of sp³-hybridized carbons (Fsp3) is 0.188. The number of hydrogen-bond donors (Lipinski definition) is 3. The average Bonchev–Trinajstić information content (AvgIpc) is 2.47. The molecule has 0 aliphatic heterocycles. The number of carbonyl (C=O) groups excluding carboxylic acids is 1. The first-order chi connectivity index (χ1) is 10.1. The molecule has 0 aromatic heterocycles. The Morgan fingerprint density at radius 1 is 1.19 bits per heavy atom. The third kappa shape index (κ3) is 4.31. The van der Waals surface area contributed by atoms with E-state index in [0.29, 0.717) is 5.69 Å². The van der Waals surface area contributed by atoms with Crippen molar-refractivity contribution in [2.45, 2.75) is 13.0 Å². The van der Waals surface area contributed by atoms with Crippen LogP contribution in [-0.4, -0.2) is 17.6 Å². The highest BCUT2D eigenvalue weighted by Crippen LogP contribution is 2.26. The lowest BCUT2D eigenvalue weighted by atomic mass is 10.1. The molecule has 0 saturated carbocycles. The summed E-state index contributed by atoms with van der Waals surface area (Å²) in [7, 11) is 0. The van der Waals surface area contributed by atoms with Crippen molar-refractivity contribution in [1.82, 2.24) is 0 Å². The van der Waals surface area contributed by atoms with Crippen LogP contribution in [0.3, 0.4) is 0 Å². The molecule has 0 heterocycles. The van der Waals surface area contributed by atoms with Crippen molar-refractivity contribution in [2.75, 3.05) is 17.2 Å². The molecule has 0 radical (unpaired) electrons.